The summed E-state index contributed by atoms with van der Waals surface area (Å²) >= 11 is 5.96. The van der Waals surface area contributed by atoms with E-state index in [1.54, 1.807) is 6.20 Å². The highest BCUT2D eigenvalue weighted by Crippen LogP contribution is 2.42. The van der Waals surface area contributed by atoms with Crippen LogP contribution in [-0.2, 0) is 4.79 Å². The molecule has 1 aliphatic heterocycles. The zero-order valence-electron chi connectivity index (χ0n) is 12.8. The summed E-state index contributed by atoms with van der Waals surface area (Å²) in [5.41, 5.74) is 0.613. The first kappa shape index (κ1) is 15.9. The van der Waals surface area contributed by atoms with E-state index >= 15 is 0 Å². The van der Waals surface area contributed by atoms with E-state index in [9.17, 15) is 4.79 Å². The van der Waals surface area contributed by atoms with Gasteiger partial charge in [-0.05, 0) is 36.5 Å². The molecule has 1 aromatic heterocycles. The highest BCUT2D eigenvalue weighted by atomic mass is 35.5. The van der Waals surface area contributed by atoms with Gasteiger partial charge in [0.1, 0.15) is 5.15 Å². The molecular weight excluding hydrogens is 312 g/mol. The van der Waals surface area contributed by atoms with Crippen molar-refractivity contribution in [3.63, 3.8) is 0 Å². The minimum Gasteiger partial charge on any atom is -0.349 e. The first-order valence-electron chi connectivity index (χ1n) is 7.90. The molecule has 1 aromatic rings. The molecule has 0 aromatic carbocycles. The minimum absolute atomic E-state index is 0.0118. The van der Waals surface area contributed by atoms with E-state index in [1.165, 1.54) is 0 Å². The normalized spacial score (nSPS) is 19.0. The molecule has 1 amide bonds. The molecule has 120 valence electrons. The lowest BCUT2D eigenvalue weighted by Gasteiger charge is -2.19. The second-order valence-corrected chi connectivity index (χ2v) is 6.57. The number of hydrogen-bond acceptors (Lipinski definition) is 4. The highest BCUT2D eigenvalue weighted by molar-refractivity contribution is 6.29. The van der Waals surface area contributed by atoms with Crippen LogP contribution in [0.15, 0.2) is 28.6 Å². The maximum atomic E-state index is 12.3. The molecule has 2 aliphatic rings. The number of rotatable bonds is 8. The van der Waals surface area contributed by atoms with Gasteiger partial charge in [0.15, 0.2) is 5.66 Å². The third-order valence-electron chi connectivity index (χ3n) is 4.32. The fourth-order valence-electron chi connectivity index (χ4n) is 2.74. The number of hydrogen-bond donors (Lipinski definition) is 1. The van der Waals surface area contributed by atoms with E-state index in [1.807, 2.05) is 12.1 Å². The fraction of sp³-hybridized carbons (Fsp3) is 0.529. The Balaban J connectivity index is 1.54. The van der Waals surface area contributed by atoms with E-state index in [0.29, 0.717) is 30.3 Å². The number of carbonyl (C=O) groups excluding carboxylic acids is 1. The van der Waals surface area contributed by atoms with E-state index in [2.05, 4.69) is 26.4 Å². The largest absolute Gasteiger partial charge is 0.349 e. The van der Waals surface area contributed by atoms with Crippen LogP contribution >= 0.6 is 11.6 Å². The third kappa shape index (κ3) is 4.29. The van der Waals surface area contributed by atoms with Gasteiger partial charge >= 0.3 is 0 Å². The first-order valence-corrected chi connectivity index (χ1v) is 8.28. The van der Waals surface area contributed by atoms with Crippen LogP contribution in [-0.4, -0.2) is 16.6 Å². The van der Waals surface area contributed by atoms with Gasteiger partial charge in [-0.25, -0.2) is 4.98 Å². The molecule has 1 aliphatic carbocycles. The standard InChI is InChI=1S/C17H19ClN4O/c1-2-3-8-17(21-22-17)9-6-15(23)20-16(12-4-5-12)13-7-10-19-14(18)11-13/h1,7,10-12,16H,3-6,8-9H2,(H,20,23). The van der Waals surface area contributed by atoms with E-state index in [4.69, 9.17) is 18.0 Å². The maximum absolute atomic E-state index is 12.3. The Morgan fingerprint density at radius 3 is 2.87 bits per heavy atom. The summed E-state index contributed by atoms with van der Waals surface area (Å²) in [5.74, 6) is 3.10. The number of amides is 1. The number of pyridine rings is 1. The van der Waals surface area contributed by atoms with Gasteiger partial charge < -0.3 is 5.32 Å². The van der Waals surface area contributed by atoms with Crippen LogP contribution in [0.3, 0.4) is 0 Å². The van der Waals surface area contributed by atoms with Gasteiger partial charge in [-0.3, -0.25) is 4.79 Å². The van der Waals surface area contributed by atoms with Gasteiger partial charge in [0.05, 0.1) is 6.04 Å². The summed E-state index contributed by atoms with van der Waals surface area (Å²) in [6, 6.07) is 3.75. The van der Waals surface area contributed by atoms with Gasteiger partial charge in [-0.2, -0.15) is 10.2 Å². The molecule has 1 fully saturated rings. The van der Waals surface area contributed by atoms with Crippen molar-refractivity contribution in [2.24, 2.45) is 16.1 Å². The number of terminal acetylenes is 1. The van der Waals surface area contributed by atoms with Crippen LogP contribution in [0.2, 0.25) is 5.15 Å². The van der Waals surface area contributed by atoms with Gasteiger partial charge in [0.25, 0.3) is 0 Å². The summed E-state index contributed by atoms with van der Waals surface area (Å²) in [5, 5.41) is 11.7. The quantitative estimate of drug-likeness (QED) is 0.584. The molecule has 0 radical (unpaired) electrons. The van der Waals surface area contributed by atoms with Gasteiger partial charge in [-0.15, -0.1) is 12.3 Å². The molecule has 23 heavy (non-hydrogen) atoms. The number of nitrogens with one attached hydrogen (secondary N) is 1. The van der Waals surface area contributed by atoms with Crippen LogP contribution in [0.1, 0.15) is 50.1 Å². The zero-order valence-corrected chi connectivity index (χ0v) is 13.6. The molecule has 2 heterocycles. The summed E-state index contributed by atoms with van der Waals surface area (Å²) in [4.78, 5) is 16.3. The van der Waals surface area contributed by atoms with E-state index in [0.717, 1.165) is 24.8 Å². The van der Waals surface area contributed by atoms with Crippen LogP contribution in [0.4, 0.5) is 0 Å². The zero-order chi connectivity index (χ0) is 16.3. The number of nitrogens with zero attached hydrogens (tertiary/aromatic N) is 3. The Hall–Kier alpha value is -1.93. The molecule has 1 atom stereocenters. The lowest BCUT2D eigenvalue weighted by Crippen LogP contribution is -2.30. The Morgan fingerprint density at radius 1 is 1.48 bits per heavy atom. The maximum Gasteiger partial charge on any atom is 0.220 e. The van der Waals surface area contributed by atoms with Crippen LogP contribution < -0.4 is 5.32 Å². The van der Waals surface area contributed by atoms with Crippen molar-refractivity contribution in [2.75, 3.05) is 0 Å². The van der Waals surface area contributed by atoms with Crippen LogP contribution in [0.5, 0.6) is 0 Å². The van der Waals surface area contributed by atoms with E-state index < -0.39 is 5.66 Å². The molecule has 3 rings (SSSR count). The number of aromatic nitrogens is 1. The van der Waals surface area contributed by atoms with Crippen molar-refractivity contribution in [3.8, 4) is 12.3 Å². The van der Waals surface area contributed by atoms with Crippen molar-refractivity contribution < 1.29 is 4.79 Å². The molecule has 0 spiro atoms. The molecule has 1 N–H and O–H groups in total. The second-order valence-electron chi connectivity index (χ2n) is 6.18. The lowest BCUT2D eigenvalue weighted by molar-refractivity contribution is -0.122. The smallest absolute Gasteiger partial charge is 0.220 e. The Kier molecular flexibility index (Phi) is 4.63. The predicted molar refractivity (Wildman–Crippen MR) is 87.7 cm³/mol. The molecule has 6 heteroatoms. The molecule has 5 nitrogen and oxygen atoms in total. The van der Waals surface area contributed by atoms with Gasteiger partial charge in [0.2, 0.25) is 5.91 Å². The summed E-state index contributed by atoms with van der Waals surface area (Å²) in [6.45, 7) is 0. The van der Waals surface area contributed by atoms with Crippen molar-refractivity contribution in [2.45, 2.75) is 50.2 Å². The Bertz CT molecular complexity index is 657. The van der Waals surface area contributed by atoms with Gasteiger partial charge in [-0.1, -0.05) is 11.6 Å². The topological polar surface area (TPSA) is 66.7 Å². The average molecular weight is 331 g/mol. The average Bonchev–Trinajstić information content (AvgIpc) is 3.44. The highest BCUT2D eigenvalue weighted by Gasteiger charge is 2.40. The Morgan fingerprint density at radius 2 is 2.26 bits per heavy atom. The molecule has 0 bridgehead atoms. The number of carbonyl (C=O) groups is 1. The molecular formula is C17H19ClN4O. The van der Waals surface area contributed by atoms with Gasteiger partial charge in [0, 0.05) is 31.9 Å². The predicted octanol–water partition coefficient (Wildman–Crippen LogP) is 3.66. The monoisotopic (exact) mass is 330 g/mol. The minimum atomic E-state index is -0.404. The van der Waals surface area contributed by atoms with Crippen LogP contribution in [0.25, 0.3) is 0 Å². The lowest BCUT2D eigenvalue weighted by atomic mass is 10.0. The van der Waals surface area contributed by atoms with Crippen molar-refractivity contribution in [1.82, 2.24) is 10.3 Å². The summed E-state index contributed by atoms with van der Waals surface area (Å²) in [6.07, 6.45) is 11.6. The third-order valence-corrected chi connectivity index (χ3v) is 4.53. The first-order chi connectivity index (χ1) is 11.1. The Labute approximate surface area is 140 Å². The van der Waals surface area contributed by atoms with Crippen molar-refractivity contribution in [1.29, 1.82) is 0 Å². The molecule has 1 unspecified atom stereocenters. The van der Waals surface area contributed by atoms with Crippen molar-refractivity contribution in [3.05, 3.63) is 29.0 Å². The van der Waals surface area contributed by atoms with Crippen molar-refractivity contribution >= 4 is 17.5 Å². The fourth-order valence-corrected chi connectivity index (χ4v) is 2.92. The molecule has 0 saturated heterocycles. The number of halogens is 1. The van der Waals surface area contributed by atoms with Crippen LogP contribution in [0, 0.1) is 18.3 Å². The van der Waals surface area contributed by atoms with E-state index in [-0.39, 0.29) is 11.9 Å². The summed E-state index contributed by atoms with van der Waals surface area (Å²) in [7, 11) is 0. The summed E-state index contributed by atoms with van der Waals surface area (Å²) < 4.78 is 0. The molecule has 1 saturated carbocycles. The SMILES string of the molecule is C#CCCC1(CCC(=O)NC(c2ccnc(Cl)c2)C2CC2)N=N1. The second kappa shape index (κ2) is 6.67.